The Balaban J connectivity index is 1.13. The van der Waals surface area contributed by atoms with E-state index in [0.29, 0.717) is 35.3 Å². The number of alkyl halides is 1. The van der Waals surface area contributed by atoms with Crippen LogP contribution in [0.3, 0.4) is 0 Å². The van der Waals surface area contributed by atoms with Gasteiger partial charge < -0.3 is 26.2 Å². The zero-order chi connectivity index (χ0) is 33.9. The van der Waals surface area contributed by atoms with E-state index >= 15 is 4.39 Å². The van der Waals surface area contributed by atoms with E-state index in [9.17, 15) is 28.0 Å². The number of amides is 4. The highest BCUT2D eigenvalue weighted by Crippen LogP contribution is 2.34. The summed E-state index contributed by atoms with van der Waals surface area (Å²) in [6.45, 7) is 1.43. The zero-order valence-electron chi connectivity index (χ0n) is 26.4. The molecule has 13 heteroatoms. The average Bonchev–Trinajstić information content (AvgIpc) is 3.55. The summed E-state index contributed by atoms with van der Waals surface area (Å²) in [7, 11) is 0. The van der Waals surface area contributed by atoms with Crippen molar-refractivity contribution in [2.45, 2.75) is 63.3 Å². The Labute approximate surface area is 275 Å². The van der Waals surface area contributed by atoms with Gasteiger partial charge >= 0.3 is 0 Å². The van der Waals surface area contributed by atoms with Crippen LogP contribution in [0.25, 0.3) is 17.0 Å². The Hall–Kier alpha value is -4.78. The van der Waals surface area contributed by atoms with Gasteiger partial charge in [0.15, 0.2) is 5.82 Å². The average molecular weight is 663 g/mol. The maximum absolute atomic E-state index is 16.1. The van der Waals surface area contributed by atoms with Gasteiger partial charge in [0.25, 0.3) is 5.91 Å². The molecule has 48 heavy (non-hydrogen) atoms. The van der Waals surface area contributed by atoms with Gasteiger partial charge in [-0.15, -0.1) is 0 Å². The van der Waals surface area contributed by atoms with Crippen LogP contribution in [-0.2, 0) is 14.4 Å². The summed E-state index contributed by atoms with van der Waals surface area (Å²) in [5.74, 6) is -3.09. The van der Waals surface area contributed by atoms with E-state index in [1.54, 1.807) is 19.1 Å². The second-order valence-electron chi connectivity index (χ2n) is 12.6. The van der Waals surface area contributed by atoms with E-state index in [4.69, 9.17) is 0 Å². The van der Waals surface area contributed by atoms with Crippen LogP contribution in [-0.4, -0.2) is 71.4 Å². The number of carbonyl (C=O) groups excluding carboxylic acids is 4. The van der Waals surface area contributed by atoms with Crippen molar-refractivity contribution in [1.82, 2.24) is 25.8 Å². The highest BCUT2D eigenvalue weighted by molar-refractivity contribution is 5.98. The number of aromatic nitrogens is 1. The molecule has 3 fully saturated rings. The molecule has 252 valence electrons. The molecule has 1 aromatic heterocycles. The maximum Gasteiger partial charge on any atom is 0.270 e. The third-order valence-corrected chi connectivity index (χ3v) is 8.97. The number of halogens is 3. The quantitative estimate of drug-likeness (QED) is 0.258. The fourth-order valence-electron chi connectivity index (χ4n) is 6.21. The molecule has 6 rings (SSSR count). The largest absolute Gasteiger partial charge is 0.348 e. The topological polar surface area (TPSA) is 133 Å². The number of nitrogens with zero attached hydrogens (tertiary/aromatic N) is 2. The predicted molar refractivity (Wildman–Crippen MR) is 173 cm³/mol. The van der Waals surface area contributed by atoms with Crippen molar-refractivity contribution >= 4 is 46.3 Å². The first kappa shape index (κ1) is 33.1. The molecule has 4 amide bonds. The van der Waals surface area contributed by atoms with Crippen molar-refractivity contribution < 1.29 is 32.3 Å². The van der Waals surface area contributed by atoms with E-state index in [1.807, 2.05) is 6.08 Å². The molecular weight excluding hydrogens is 625 g/mol. The molecule has 1 saturated carbocycles. The van der Waals surface area contributed by atoms with Gasteiger partial charge in [0.05, 0.1) is 36.4 Å². The van der Waals surface area contributed by atoms with E-state index < -0.39 is 60.2 Å². The van der Waals surface area contributed by atoms with Gasteiger partial charge in [-0.25, -0.2) is 18.2 Å². The molecule has 2 saturated heterocycles. The third kappa shape index (κ3) is 7.51. The predicted octanol–water partition coefficient (Wildman–Crippen LogP) is 4.17. The monoisotopic (exact) mass is 662 g/mol. The smallest absolute Gasteiger partial charge is 0.270 e. The molecule has 0 spiro atoms. The van der Waals surface area contributed by atoms with Gasteiger partial charge in [-0.3, -0.25) is 19.2 Å². The normalized spacial score (nSPS) is 21.4. The van der Waals surface area contributed by atoms with Crippen LogP contribution in [0, 0.1) is 17.6 Å². The zero-order valence-corrected chi connectivity index (χ0v) is 26.4. The van der Waals surface area contributed by atoms with Gasteiger partial charge in [0.2, 0.25) is 17.7 Å². The second-order valence-corrected chi connectivity index (χ2v) is 12.6. The maximum atomic E-state index is 16.1. The van der Waals surface area contributed by atoms with E-state index in [1.165, 1.54) is 36.4 Å². The van der Waals surface area contributed by atoms with Crippen molar-refractivity contribution in [2.24, 2.45) is 5.92 Å². The summed E-state index contributed by atoms with van der Waals surface area (Å²) >= 11 is 0. The molecule has 0 unspecified atom stereocenters. The van der Waals surface area contributed by atoms with Crippen molar-refractivity contribution in [2.75, 3.05) is 25.0 Å². The van der Waals surface area contributed by atoms with Gasteiger partial charge in [0, 0.05) is 17.4 Å². The highest BCUT2D eigenvalue weighted by Gasteiger charge is 2.40. The molecule has 4 N–H and O–H groups in total. The molecule has 10 nitrogen and oxygen atoms in total. The Bertz CT molecular complexity index is 1770. The fourth-order valence-corrected chi connectivity index (χ4v) is 6.21. The number of hydrogen-bond donors (Lipinski definition) is 4. The Morgan fingerprint density at radius 1 is 1.06 bits per heavy atom. The lowest BCUT2D eigenvalue weighted by Gasteiger charge is -2.26. The van der Waals surface area contributed by atoms with E-state index in [-0.39, 0.29) is 35.8 Å². The minimum Gasteiger partial charge on any atom is -0.348 e. The number of nitrogens with one attached hydrogen (secondary N) is 4. The summed E-state index contributed by atoms with van der Waals surface area (Å²) in [5.41, 5.74) is 1.06. The highest BCUT2D eigenvalue weighted by atomic mass is 19.1. The number of likely N-dealkylation sites (tertiary alicyclic amines) is 1. The van der Waals surface area contributed by atoms with Crippen LogP contribution in [0.15, 0.2) is 48.5 Å². The van der Waals surface area contributed by atoms with Crippen molar-refractivity contribution in [3.8, 4) is 0 Å². The molecule has 2 aliphatic heterocycles. The number of allylic oxidation sites excluding steroid dienone is 1. The molecule has 3 heterocycles. The minimum atomic E-state index is -1.48. The molecular formula is C35H37F3N6O4. The lowest BCUT2D eigenvalue weighted by molar-refractivity contribution is -0.138. The first-order valence-electron chi connectivity index (χ1n) is 16.2. The summed E-state index contributed by atoms with van der Waals surface area (Å²) in [5, 5.41) is 11.5. The van der Waals surface area contributed by atoms with Crippen molar-refractivity contribution in [1.29, 1.82) is 0 Å². The number of hydrogen-bond acceptors (Lipinski definition) is 6. The fraction of sp³-hybridized carbons (Fsp3) is 0.400. The van der Waals surface area contributed by atoms with Gasteiger partial charge in [0.1, 0.15) is 23.7 Å². The summed E-state index contributed by atoms with van der Waals surface area (Å²) in [6.07, 6.45) is 5.62. The van der Waals surface area contributed by atoms with E-state index in [2.05, 4.69) is 26.3 Å². The van der Waals surface area contributed by atoms with Crippen molar-refractivity contribution in [3.63, 3.8) is 0 Å². The SMILES string of the molecule is C[C@H](NC(=O)[C@@H]1C[C@@H](F)CN1C(=O)CNC(=O)c1ccc2cc(F)ccc2n1)c1c(/C=C/C2CC2)ccc(NC(=O)[C@H]2CCCN2)c1F. The molecule has 0 radical (unpaired) electrons. The molecule has 2 aromatic carbocycles. The Kier molecular flexibility index (Phi) is 9.76. The lowest BCUT2D eigenvalue weighted by atomic mass is 9.98. The number of pyridine rings is 1. The van der Waals surface area contributed by atoms with Crippen LogP contribution < -0.4 is 21.3 Å². The third-order valence-electron chi connectivity index (χ3n) is 8.97. The summed E-state index contributed by atoms with van der Waals surface area (Å²) in [6, 6.07) is 7.54. The number of fused-ring (bicyclic) bond motifs is 1. The summed E-state index contributed by atoms with van der Waals surface area (Å²) in [4.78, 5) is 57.4. The van der Waals surface area contributed by atoms with Crippen LogP contribution in [0.2, 0.25) is 0 Å². The van der Waals surface area contributed by atoms with Gasteiger partial charge in [-0.05, 0) is 81.0 Å². The number of benzene rings is 2. The first-order valence-corrected chi connectivity index (χ1v) is 16.2. The Morgan fingerprint density at radius 2 is 1.88 bits per heavy atom. The second kappa shape index (κ2) is 14.1. The molecule has 1 aliphatic carbocycles. The summed E-state index contributed by atoms with van der Waals surface area (Å²) < 4.78 is 44.2. The molecule has 3 aromatic rings. The number of carbonyl (C=O) groups is 4. The standard InChI is InChI=1S/C35H37F3N6O4/c1-19(31-21(7-6-20-4-5-20)8-11-26(32(31)38)43-34(47)27-3-2-14-39-27)41-35(48)29-16-24(37)18-44(29)30(45)17-40-33(46)28-12-9-22-15-23(36)10-13-25(22)42-28/h6-13,15,19-20,24,27,29,39H,2-5,14,16-18H2,1H3,(H,40,46)(H,41,48)(H,43,47)/b7-6+/t19-,24+,27+,29-/m0/s1. The lowest BCUT2D eigenvalue weighted by Crippen LogP contribution is -2.49. The molecule has 4 atom stereocenters. The van der Waals surface area contributed by atoms with Crippen LogP contribution >= 0.6 is 0 Å². The Morgan fingerprint density at radius 3 is 2.62 bits per heavy atom. The molecule has 3 aliphatic rings. The van der Waals surface area contributed by atoms with Crippen LogP contribution in [0.5, 0.6) is 0 Å². The number of anilines is 1. The number of rotatable bonds is 10. The van der Waals surface area contributed by atoms with Crippen molar-refractivity contribution in [3.05, 3.63) is 77.0 Å². The first-order chi connectivity index (χ1) is 23.1. The van der Waals surface area contributed by atoms with Gasteiger partial charge in [-0.1, -0.05) is 24.3 Å². The molecule has 0 bridgehead atoms. The van der Waals surface area contributed by atoms with Crippen LogP contribution in [0.1, 0.15) is 66.7 Å². The van der Waals surface area contributed by atoms with Crippen LogP contribution in [0.4, 0.5) is 18.9 Å². The minimum absolute atomic E-state index is 0.00121. The van der Waals surface area contributed by atoms with E-state index in [0.717, 1.165) is 24.2 Å². The van der Waals surface area contributed by atoms with Gasteiger partial charge in [-0.2, -0.15) is 0 Å².